The molecule has 0 bridgehead atoms. The topological polar surface area (TPSA) is 96.4 Å². The van der Waals surface area contributed by atoms with Crippen molar-refractivity contribution in [2.24, 2.45) is 5.73 Å². The summed E-state index contributed by atoms with van der Waals surface area (Å²) >= 11 is 6.23. The molecular formula is C25H17ClF3N3O3. The molecule has 178 valence electrons. The van der Waals surface area contributed by atoms with E-state index in [1.165, 1.54) is 17.0 Å². The molecule has 10 heteroatoms. The van der Waals surface area contributed by atoms with Crippen molar-refractivity contribution in [3.63, 3.8) is 0 Å². The van der Waals surface area contributed by atoms with E-state index in [0.717, 1.165) is 18.2 Å². The van der Waals surface area contributed by atoms with Crippen LogP contribution in [0.25, 0.3) is 0 Å². The maximum Gasteiger partial charge on any atom is 0.416 e. The highest BCUT2D eigenvalue weighted by atomic mass is 35.5. The number of alkyl halides is 3. The molecule has 1 saturated heterocycles. The molecule has 1 heterocycles. The summed E-state index contributed by atoms with van der Waals surface area (Å²) in [6.45, 7) is 0.301. The first-order chi connectivity index (χ1) is 16.6. The van der Waals surface area contributed by atoms with E-state index < -0.39 is 17.6 Å². The predicted molar refractivity (Wildman–Crippen MR) is 122 cm³/mol. The number of amides is 2. The van der Waals surface area contributed by atoms with Crippen LogP contribution >= 0.6 is 11.6 Å². The van der Waals surface area contributed by atoms with E-state index in [2.05, 4.69) is 0 Å². The first kappa shape index (κ1) is 24.1. The minimum atomic E-state index is -4.61. The maximum absolute atomic E-state index is 13.1. The fourth-order valence-corrected chi connectivity index (χ4v) is 4.01. The number of carbonyl (C=O) groups is 2. The minimum Gasteiger partial charge on any atom is -0.454 e. The van der Waals surface area contributed by atoms with Gasteiger partial charge in [0.25, 0.3) is 0 Å². The van der Waals surface area contributed by atoms with Crippen molar-refractivity contribution < 1.29 is 27.5 Å². The van der Waals surface area contributed by atoms with Crippen LogP contribution in [0, 0.1) is 11.3 Å². The van der Waals surface area contributed by atoms with Crippen LogP contribution < -0.4 is 15.4 Å². The summed E-state index contributed by atoms with van der Waals surface area (Å²) in [6.07, 6.45) is -4.45. The van der Waals surface area contributed by atoms with E-state index in [-0.39, 0.29) is 45.9 Å². The van der Waals surface area contributed by atoms with Crippen molar-refractivity contribution in [3.8, 4) is 17.6 Å². The van der Waals surface area contributed by atoms with Crippen LogP contribution in [0.3, 0.4) is 0 Å². The summed E-state index contributed by atoms with van der Waals surface area (Å²) in [6, 6.07) is 15.6. The van der Waals surface area contributed by atoms with E-state index in [4.69, 9.17) is 22.1 Å². The third-order valence-corrected chi connectivity index (χ3v) is 5.96. The highest BCUT2D eigenvalue weighted by molar-refractivity contribution is 6.32. The van der Waals surface area contributed by atoms with Gasteiger partial charge in [0.05, 0.1) is 16.1 Å². The van der Waals surface area contributed by atoms with Crippen LogP contribution in [0.4, 0.5) is 18.9 Å². The molecule has 1 atom stereocenters. The van der Waals surface area contributed by atoms with Gasteiger partial charge < -0.3 is 15.4 Å². The molecule has 0 aliphatic carbocycles. The number of primary amides is 1. The second-order valence-corrected chi connectivity index (χ2v) is 8.34. The average Bonchev–Trinajstić information content (AvgIpc) is 3.21. The lowest BCUT2D eigenvalue weighted by molar-refractivity contribution is -0.137. The Morgan fingerprint density at radius 2 is 1.89 bits per heavy atom. The number of benzene rings is 3. The van der Waals surface area contributed by atoms with Crippen molar-refractivity contribution in [1.29, 1.82) is 5.26 Å². The molecule has 0 unspecified atom stereocenters. The Morgan fingerprint density at radius 1 is 1.11 bits per heavy atom. The Bertz CT molecular complexity index is 1370. The van der Waals surface area contributed by atoms with Crippen LogP contribution in [0.1, 0.15) is 39.4 Å². The van der Waals surface area contributed by atoms with Gasteiger partial charge in [0.15, 0.2) is 0 Å². The molecule has 0 radical (unpaired) electrons. The molecule has 6 nitrogen and oxygen atoms in total. The van der Waals surface area contributed by atoms with Crippen molar-refractivity contribution in [2.75, 3.05) is 11.4 Å². The summed E-state index contributed by atoms with van der Waals surface area (Å²) in [5.74, 6) is -1.27. The third-order valence-electron chi connectivity index (χ3n) is 5.64. The quantitative estimate of drug-likeness (QED) is 0.491. The van der Waals surface area contributed by atoms with Gasteiger partial charge in [0.2, 0.25) is 11.8 Å². The van der Waals surface area contributed by atoms with Gasteiger partial charge in [-0.15, -0.1) is 0 Å². The Hall–Kier alpha value is -4.03. The maximum atomic E-state index is 13.1. The average molecular weight is 500 g/mol. The first-order valence-corrected chi connectivity index (χ1v) is 10.7. The van der Waals surface area contributed by atoms with Gasteiger partial charge in [-0.1, -0.05) is 23.7 Å². The van der Waals surface area contributed by atoms with Crippen LogP contribution in [-0.2, 0) is 11.0 Å². The molecule has 0 spiro atoms. The second-order valence-electron chi connectivity index (χ2n) is 7.93. The zero-order chi connectivity index (χ0) is 25.3. The molecule has 3 aromatic rings. The van der Waals surface area contributed by atoms with Crippen LogP contribution in [0.5, 0.6) is 11.5 Å². The fraction of sp³-hybridized carbons (Fsp3) is 0.160. The van der Waals surface area contributed by atoms with E-state index in [1.807, 2.05) is 0 Å². The number of hydrogen-bond donors (Lipinski definition) is 1. The summed E-state index contributed by atoms with van der Waals surface area (Å²) in [5.41, 5.74) is 5.76. The Morgan fingerprint density at radius 3 is 2.57 bits per heavy atom. The third kappa shape index (κ3) is 5.08. The molecular weight excluding hydrogens is 483 g/mol. The van der Waals surface area contributed by atoms with E-state index in [9.17, 15) is 28.0 Å². The number of nitrogens with zero attached hydrogens (tertiary/aromatic N) is 2. The van der Waals surface area contributed by atoms with Gasteiger partial charge in [-0.3, -0.25) is 9.59 Å². The molecule has 1 fully saturated rings. The lowest BCUT2D eigenvalue weighted by Gasteiger charge is -2.18. The molecule has 1 aliphatic heterocycles. The number of nitrogens with two attached hydrogens (primary N) is 1. The van der Waals surface area contributed by atoms with Gasteiger partial charge in [-0.05, 0) is 54.1 Å². The smallest absolute Gasteiger partial charge is 0.416 e. The summed E-state index contributed by atoms with van der Waals surface area (Å²) in [4.78, 5) is 25.7. The van der Waals surface area contributed by atoms with Gasteiger partial charge in [0, 0.05) is 30.1 Å². The molecule has 4 rings (SSSR count). The fourth-order valence-electron chi connectivity index (χ4n) is 3.85. The van der Waals surface area contributed by atoms with Crippen molar-refractivity contribution >= 4 is 29.1 Å². The summed E-state index contributed by atoms with van der Waals surface area (Å²) < 4.78 is 45.1. The van der Waals surface area contributed by atoms with Gasteiger partial charge in [0.1, 0.15) is 17.6 Å². The number of carbonyl (C=O) groups excluding carboxylic acids is 2. The van der Waals surface area contributed by atoms with Gasteiger partial charge in [-0.2, -0.15) is 18.4 Å². The number of anilines is 1. The Labute approximate surface area is 203 Å². The molecule has 35 heavy (non-hydrogen) atoms. The SMILES string of the molecule is N#Cc1ccc(C(F)(F)F)cc1Oc1cc([C@H]2CC(=O)N(c3cccc(C(N)=O)c3)C2)ccc1Cl. The number of halogens is 4. The Balaban J connectivity index is 1.61. The monoisotopic (exact) mass is 499 g/mol. The lowest BCUT2D eigenvalue weighted by atomic mass is 9.98. The molecule has 3 aromatic carbocycles. The summed E-state index contributed by atoms with van der Waals surface area (Å²) in [5, 5.41) is 9.42. The summed E-state index contributed by atoms with van der Waals surface area (Å²) in [7, 11) is 0. The van der Waals surface area contributed by atoms with Gasteiger partial charge >= 0.3 is 6.18 Å². The first-order valence-electron chi connectivity index (χ1n) is 10.4. The number of rotatable bonds is 5. The number of nitriles is 1. The van der Waals surface area contributed by atoms with Crippen LogP contribution in [0.15, 0.2) is 60.7 Å². The normalized spacial score (nSPS) is 15.7. The zero-order valence-corrected chi connectivity index (χ0v) is 18.7. The number of hydrogen-bond acceptors (Lipinski definition) is 4. The highest BCUT2D eigenvalue weighted by Crippen LogP contribution is 2.39. The number of ether oxygens (including phenoxy) is 1. The molecule has 1 aliphatic rings. The molecule has 2 N–H and O–H groups in total. The Kier molecular flexibility index (Phi) is 6.41. The second kappa shape index (κ2) is 9.31. The minimum absolute atomic E-state index is 0.0571. The van der Waals surface area contributed by atoms with Crippen LogP contribution in [0.2, 0.25) is 5.02 Å². The van der Waals surface area contributed by atoms with E-state index >= 15 is 0 Å². The molecule has 0 saturated carbocycles. The van der Waals surface area contributed by atoms with E-state index in [1.54, 1.807) is 36.4 Å². The zero-order valence-electron chi connectivity index (χ0n) is 18.0. The van der Waals surface area contributed by atoms with Crippen molar-refractivity contribution in [3.05, 3.63) is 87.9 Å². The van der Waals surface area contributed by atoms with E-state index in [0.29, 0.717) is 17.8 Å². The molecule has 0 aromatic heterocycles. The van der Waals surface area contributed by atoms with Gasteiger partial charge in [-0.25, -0.2) is 0 Å². The lowest BCUT2D eigenvalue weighted by Crippen LogP contribution is -2.24. The largest absolute Gasteiger partial charge is 0.454 e. The standard InChI is InChI=1S/C25H17ClF3N3O3/c26-20-7-5-14(9-22(20)35-21-11-18(25(27,28)29)6-4-16(21)12-30)17-10-23(33)32(13-17)19-3-1-2-15(8-19)24(31)34/h1-9,11,17H,10,13H2,(H2,31,34)/t17-/m0/s1. The predicted octanol–water partition coefficient (Wildman–Crippen LogP) is 5.64. The highest BCUT2D eigenvalue weighted by Gasteiger charge is 2.33. The van der Waals surface area contributed by atoms with Crippen LogP contribution in [-0.4, -0.2) is 18.4 Å². The molecule has 2 amide bonds. The van der Waals surface area contributed by atoms with Crippen molar-refractivity contribution in [1.82, 2.24) is 0 Å². The van der Waals surface area contributed by atoms with Crippen molar-refractivity contribution in [2.45, 2.75) is 18.5 Å².